The van der Waals surface area contributed by atoms with Gasteiger partial charge >= 0.3 is 0 Å². The maximum Gasteiger partial charge on any atom is 0.244 e. The van der Waals surface area contributed by atoms with Gasteiger partial charge in [0.05, 0.1) is 5.69 Å². The Hall–Kier alpha value is -0.740. The van der Waals surface area contributed by atoms with Crippen LogP contribution in [0.3, 0.4) is 0 Å². The average molecular weight is 346 g/mol. The molecule has 1 aliphatic heterocycles. The highest BCUT2D eigenvalue weighted by atomic mass is 79.9. The number of likely N-dealkylation sites (tertiary alicyclic amines) is 1. The van der Waals surface area contributed by atoms with Crippen molar-refractivity contribution in [3.8, 4) is 0 Å². The van der Waals surface area contributed by atoms with Gasteiger partial charge in [0.15, 0.2) is 0 Å². The summed E-state index contributed by atoms with van der Waals surface area (Å²) in [5.41, 5.74) is 1.87. The molecule has 5 heteroatoms. The molecule has 0 radical (unpaired) electrons. The number of benzene rings is 1. The fourth-order valence-corrected chi connectivity index (χ4v) is 3.00. The molecule has 0 aliphatic carbocycles. The highest BCUT2D eigenvalue weighted by Crippen LogP contribution is 2.29. The number of amides is 1. The molecule has 1 aliphatic rings. The van der Waals surface area contributed by atoms with Crippen molar-refractivity contribution in [2.75, 3.05) is 18.4 Å². The number of carbonyl (C=O) groups is 1. The quantitative estimate of drug-likeness (QED) is 0.903. The molecule has 3 nitrogen and oxygen atoms in total. The molecule has 0 bridgehead atoms. The van der Waals surface area contributed by atoms with Crippen molar-refractivity contribution in [2.45, 2.75) is 32.7 Å². The van der Waals surface area contributed by atoms with Crippen LogP contribution in [0.15, 0.2) is 16.6 Å². The first kappa shape index (κ1) is 14.7. The van der Waals surface area contributed by atoms with Crippen molar-refractivity contribution < 1.29 is 4.79 Å². The number of halogens is 2. The summed E-state index contributed by atoms with van der Waals surface area (Å²) in [7, 11) is 0. The third kappa shape index (κ3) is 3.42. The van der Waals surface area contributed by atoms with E-state index in [4.69, 9.17) is 11.6 Å². The number of hydrogen-bond acceptors (Lipinski definition) is 2. The van der Waals surface area contributed by atoms with Gasteiger partial charge in [0.2, 0.25) is 5.91 Å². The van der Waals surface area contributed by atoms with Crippen LogP contribution in [0.2, 0.25) is 5.02 Å². The molecule has 0 aromatic heterocycles. The summed E-state index contributed by atoms with van der Waals surface area (Å²) in [5.74, 6) is 0.154. The third-order valence-corrected chi connectivity index (χ3v) is 4.47. The molecule has 0 saturated carbocycles. The van der Waals surface area contributed by atoms with Crippen molar-refractivity contribution in [1.82, 2.24) is 4.90 Å². The van der Waals surface area contributed by atoms with E-state index in [1.165, 1.54) is 0 Å². The van der Waals surface area contributed by atoms with Crippen LogP contribution in [0, 0.1) is 6.92 Å². The van der Waals surface area contributed by atoms with E-state index in [1.54, 1.807) is 0 Å². The highest BCUT2D eigenvalue weighted by molar-refractivity contribution is 9.10. The number of nitrogens with one attached hydrogen (secondary N) is 1. The summed E-state index contributed by atoms with van der Waals surface area (Å²) in [6.07, 6.45) is 2.22. The van der Waals surface area contributed by atoms with Crippen LogP contribution in [-0.2, 0) is 4.79 Å². The molecule has 1 N–H and O–H groups in total. The normalized spacial score (nSPS) is 16.5. The first-order valence-corrected chi connectivity index (χ1v) is 7.67. The standard InChI is InChI=1S/C14H18BrClN2O/c1-9-7-11(15)13(8-12(9)16)17-10(2)14(19)18-5-3-4-6-18/h7-8,10,17H,3-6H2,1-2H3. The average Bonchev–Trinajstić information content (AvgIpc) is 2.88. The second-order valence-corrected chi connectivity index (χ2v) is 6.24. The van der Waals surface area contributed by atoms with Crippen LogP contribution in [-0.4, -0.2) is 29.9 Å². The maximum atomic E-state index is 12.2. The summed E-state index contributed by atoms with van der Waals surface area (Å²) >= 11 is 9.62. The molecule has 1 heterocycles. The fraction of sp³-hybridized carbons (Fsp3) is 0.500. The number of hydrogen-bond donors (Lipinski definition) is 1. The lowest BCUT2D eigenvalue weighted by Gasteiger charge is -2.22. The highest BCUT2D eigenvalue weighted by Gasteiger charge is 2.23. The minimum absolute atomic E-state index is 0.154. The van der Waals surface area contributed by atoms with Gasteiger partial charge in [0, 0.05) is 22.6 Å². The SMILES string of the molecule is Cc1cc(Br)c(NC(C)C(=O)N2CCCC2)cc1Cl. The van der Waals surface area contributed by atoms with Crippen molar-refractivity contribution >= 4 is 39.1 Å². The van der Waals surface area contributed by atoms with Crippen molar-refractivity contribution in [1.29, 1.82) is 0 Å². The molecule has 1 atom stereocenters. The van der Waals surface area contributed by atoms with Gasteiger partial charge < -0.3 is 10.2 Å². The molecular formula is C14H18BrClN2O. The van der Waals surface area contributed by atoms with E-state index in [0.29, 0.717) is 5.02 Å². The van der Waals surface area contributed by atoms with Crippen molar-refractivity contribution in [3.05, 3.63) is 27.2 Å². The Kier molecular flexibility index (Phi) is 4.74. The van der Waals surface area contributed by atoms with E-state index in [2.05, 4.69) is 21.2 Å². The molecule has 2 rings (SSSR count). The molecule has 1 aromatic rings. The van der Waals surface area contributed by atoms with Crippen LogP contribution in [0.1, 0.15) is 25.3 Å². The summed E-state index contributed by atoms with van der Waals surface area (Å²) in [4.78, 5) is 14.1. The van der Waals surface area contributed by atoms with Gasteiger partial charge in [0.25, 0.3) is 0 Å². The minimum Gasteiger partial charge on any atom is -0.373 e. The summed E-state index contributed by atoms with van der Waals surface area (Å²) in [6, 6.07) is 3.57. The zero-order chi connectivity index (χ0) is 14.0. The van der Waals surface area contributed by atoms with Gasteiger partial charge in [-0.2, -0.15) is 0 Å². The van der Waals surface area contributed by atoms with E-state index in [9.17, 15) is 4.79 Å². The molecule has 1 amide bonds. The van der Waals surface area contributed by atoms with E-state index in [0.717, 1.165) is 41.7 Å². The first-order chi connectivity index (χ1) is 8.99. The molecule has 0 spiro atoms. The van der Waals surface area contributed by atoms with E-state index >= 15 is 0 Å². The van der Waals surface area contributed by atoms with Gasteiger partial charge in [-0.05, 0) is 60.3 Å². The fourth-order valence-electron chi connectivity index (χ4n) is 2.26. The molecule has 1 aromatic carbocycles. The Labute approximate surface area is 127 Å². The minimum atomic E-state index is -0.242. The second-order valence-electron chi connectivity index (χ2n) is 4.98. The topological polar surface area (TPSA) is 32.3 Å². The summed E-state index contributed by atoms with van der Waals surface area (Å²) in [6.45, 7) is 5.60. The Bertz CT molecular complexity index is 487. The van der Waals surface area contributed by atoms with Crippen LogP contribution >= 0.6 is 27.5 Å². The lowest BCUT2D eigenvalue weighted by Crippen LogP contribution is -2.39. The second kappa shape index (κ2) is 6.14. The number of rotatable bonds is 3. The molecule has 1 fully saturated rings. The van der Waals surface area contributed by atoms with Crippen LogP contribution in [0.4, 0.5) is 5.69 Å². The lowest BCUT2D eigenvalue weighted by molar-refractivity contribution is -0.130. The number of anilines is 1. The van der Waals surface area contributed by atoms with Crippen LogP contribution in [0.5, 0.6) is 0 Å². The number of nitrogens with zero attached hydrogens (tertiary/aromatic N) is 1. The molecule has 19 heavy (non-hydrogen) atoms. The van der Waals surface area contributed by atoms with Gasteiger partial charge in [-0.25, -0.2) is 0 Å². The molecular weight excluding hydrogens is 328 g/mol. The summed E-state index contributed by atoms with van der Waals surface area (Å²) < 4.78 is 0.926. The number of carbonyl (C=O) groups excluding carboxylic acids is 1. The van der Waals surface area contributed by atoms with Crippen molar-refractivity contribution in [2.24, 2.45) is 0 Å². The molecule has 1 unspecified atom stereocenters. The Balaban J connectivity index is 2.08. The maximum absolute atomic E-state index is 12.2. The van der Waals surface area contributed by atoms with E-state index in [-0.39, 0.29) is 11.9 Å². The predicted molar refractivity (Wildman–Crippen MR) is 82.8 cm³/mol. The molecule has 104 valence electrons. The van der Waals surface area contributed by atoms with Gasteiger partial charge in [0.1, 0.15) is 6.04 Å². The molecule has 1 saturated heterocycles. The first-order valence-electron chi connectivity index (χ1n) is 6.50. The van der Waals surface area contributed by atoms with Crippen molar-refractivity contribution in [3.63, 3.8) is 0 Å². The van der Waals surface area contributed by atoms with Gasteiger partial charge in [-0.15, -0.1) is 0 Å². The van der Waals surface area contributed by atoms with E-state index in [1.807, 2.05) is 30.9 Å². The summed E-state index contributed by atoms with van der Waals surface area (Å²) in [5, 5.41) is 3.93. The number of aryl methyl sites for hydroxylation is 1. The monoisotopic (exact) mass is 344 g/mol. The largest absolute Gasteiger partial charge is 0.373 e. The Morgan fingerprint density at radius 1 is 1.42 bits per heavy atom. The lowest BCUT2D eigenvalue weighted by atomic mass is 10.2. The van der Waals surface area contributed by atoms with Gasteiger partial charge in [-0.1, -0.05) is 11.6 Å². The van der Waals surface area contributed by atoms with Crippen LogP contribution < -0.4 is 5.32 Å². The third-order valence-electron chi connectivity index (χ3n) is 3.41. The zero-order valence-corrected chi connectivity index (χ0v) is 13.5. The smallest absolute Gasteiger partial charge is 0.244 e. The van der Waals surface area contributed by atoms with E-state index < -0.39 is 0 Å². The van der Waals surface area contributed by atoms with Crippen LogP contribution in [0.25, 0.3) is 0 Å². The zero-order valence-electron chi connectivity index (χ0n) is 11.2. The van der Waals surface area contributed by atoms with Gasteiger partial charge in [-0.3, -0.25) is 4.79 Å². The Morgan fingerprint density at radius 2 is 2.05 bits per heavy atom. The Morgan fingerprint density at radius 3 is 2.68 bits per heavy atom. The predicted octanol–water partition coefficient (Wildman–Crippen LogP) is 3.83.